The third-order valence-corrected chi connectivity index (χ3v) is 3.75. The number of carbonyl (C=O) groups excluding carboxylic acids is 1. The molecule has 0 amide bonds. The lowest BCUT2D eigenvalue weighted by molar-refractivity contribution is 0.0969. The van der Waals surface area contributed by atoms with Crippen LogP contribution in [0, 0.1) is 0 Å². The van der Waals surface area contributed by atoms with E-state index in [1.54, 1.807) is 23.0 Å². The van der Waals surface area contributed by atoms with Crippen molar-refractivity contribution in [2.24, 2.45) is 0 Å². The van der Waals surface area contributed by atoms with Crippen LogP contribution in [0.15, 0.2) is 48.8 Å². The van der Waals surface area contributed by atoms with Crippen molar-refractivity contribution in [3.8, 4) is 0 Å². The lowest BCUT2D eigenvalue weighted by Gasteiger charge is -1.97. The molecule has 1 heterocycles. The van der Waals surface area contributed by atoms with Gasteiger partial charge in [0.2, 0.25) is 0 Å². The van der Waals surface area contributed by atoms with Crippen LogP contribution in [-0.4, -0.2) is 10.5 Å². The Kier molecular flexibility index (Phi) is 11.0. The lowest BCUT2D eigenvalue weighted by Crippen LogP contribution is -2.03. The first kappa shape index (κ1) is 18.5. The molecule has 0 radical (unpaired) electrons. The molecule has 1 aromatic heterocycles. The number of rotatable bonds is 12. The average Bonchev–Trinajstić information content (AvgIpc) is 3.06. The summed E-state index contributed by atoms with van der Waals surface area (Å²) < 4.78 is 1.59. The normalized spacial score (nSPS) is 11.7. The van der Waals surface area contributed by atoms with Gasteiger partial charge in [-0.2, -0.15) is 0 Å². The molecule has 22 heavy (non-hydrogen) atoms. The SMILES string of the molecule is CCCCCCCCC=CCCCC=CC(=O)n1cccc1. The smallest absolute Gasteiger partial charge is 0.254 e. The summed E-state index contributed by atoms with van der Waals surface area (Å²) in [5.41, 5.74) is 0. The Balaban J connectivity index is 1.92. The molecule has 0 bridgehead atoms. The quantitative estimate of drug-likeness (QED) is 0.257. The Hall–Kier alpha value is -1.57. The first-order chi connectivity index (χ1) is 10.8. The third-order valence-electron chi connectivity index (χ3n) is 3.75. The third kappa shape index (κ3) is 9.38. The molecule has 0 aromatic carbocycles. The van der Waals surface area contributed by atoms with E-state index in [4.69, 9.17) is 0 Å². The molecule has 0 saturated heterocycles. The van der Waals surface area contributed by atoms with Gasteiger partial charge in [-0.3, -0.25) is 9.36 Å². The molecule has 0 atom stereocenters. The molecule has 0 unspecified atom stereocenters. The van der Waals surface area contributed by atoms with Crippen LogP contribution in [0.4, 0.5) is 0 Å². The van der Waals surface area contributed by atoms with Gasteiger partial charge >= 0.3 is 0 Å². The Labute approximate surface area is 135 Å². The lowest BCUT2D eigenvalue weighted by atomic mass is 10.1. The zero-order valence-electron chi connectivity index (χ0n) is 14.0. The van der Waals surface area contributed by atoms with Gasteiger partial charge in [-0.05, 0) is 50.3 Å². The predicted octanol–water partition coefficient (Wildman–Crippen LogP) is 6.16. The summed E-state index contributed by atoms with van der Waals surface area (Å²) in [6.45, 7) is 2.26. The zero-order chi connectivity index (χ0) is 15.9. The molecule has 122 valence electrons. The van der Waals surface area contributed by atoms with Gasteiger partial charge in [0.15, 0.2) is 0 Å². The van der Waals surface area contributed by atoms with Crippen LogP contribution in [0.3, 0.4) is 0 Å². The molecule has 0 fully saturated rings. The Morgan fingerprint density at radius 3 is 2.14 bits per heavy atom. The molecule has 2 heteroatoms. The number of nitrogens with zero attached hydrogens (tertiary/aromatic N) is 1. The van der Waals surface area contributed by atoms with E-state index in [0.29, 0.717) is 0 Å². The summed E-state index contributed by atoms with van der Waals surface area (Å²) in [7, 11) is 0. The van der Waals surface area contributed by atoms with Crippen molar-refractivity contribution in [1.82, 2.24) is 4.57 Å². The molecule has 0 N–H and O–H groups in total. The fourth-order valence-electron chi connectivity index (χ4n) is 2.38. The maximum absolute atomic E-state index is 11.7. The summed E-state index contributed by atoms with van der Waals surface area (Å²) in [6.07, 6.45) is 24.4. The van der Waals surface area contributed by atoms with Crippen molar-refractivity contribution in [3.63, 3.8) is 0 Å². The van der Waals surface area contributed by atoms with Gasteiger partial charge in [0.05, 0.1) is 0 Å². The van der Waals surface area contributed by atoms with Gasteiger partial charge in [-0.25, -0.2) is 0 Å². The molecule has 2 nitrogen and oxygen atoms in total. The van der Waals surface area contributed by atoms with Crippen LogP contribution in [0.1, 0.15) is 75.9 Å². The maximum atomic E-state index is 11.7. The van der Waals surface area contributed by atoms with E-state index in [1.807, 2.05) is 18.2 Å². The summed E-state index contributed by atoms with van der Waals surface area (Å²) in [4.78, 5) is 11.7. The minimum Gasteiger partial charge on any atom is -0.291 e. The molecular weight excluding hydrogens is 270 g/mol. The number of aromatic nitrogens is 1. The topological polar surface area (TPSA) is 22.0 Å². The molecule has 0 aliphatic heterocycles. The molecule has 0 spiro atoms. The van der Waals surface area contributed by atoms with Crippen LogP contribution in [-0.2, 0) is 0 Å². The van der Waals surface area contributed by atoms with E-state index in [9.17, 15) is 4.79 Å². The van der Waals surface area contributed by atoms with Crippen LogP contribution in [0.2, 0.25) is 0 Å². The molecule has 1 rings (SSSR count). The van der Waals surface area contributed by atoms with Gasteiger partial charge in [0.25, 0.3) is 5.91 Å². The maximum Gasteiger partial charge on any atom is 0.254 e. The fraction of sp³-hybridized carbons (Fsp3) is 0.550. The van der Waals surface area contributed by atoms with E-state index in [2.05, 4.69) is 19.1 Å². The van der Waals surface area contributed by atoms with Crippen LogP contribution >= 0.6 is 0 Å². The van der Waals surface area contributed by atoms with E-state index in [1.165, 1.54) is 44.9 Å². The highest BCUT2D eigenvalue weighted by molar-refractivity contribution is 5.89. The van der Waals surface area contributed by atoms with Crippen LogP contribution < -0.4 is 0 Å². The van der Waals surface area contributed by atoms with Gasteiger partial charge < -0.3 is 0 Å². The van der Waals surface area contributed by atoms with Crippen molar-refractivity contribution >= 4 is 5.91 Å². The van der Waals surface area contributed by atoms with Gasteiger partial charge in [0, 0.05) is 12.4 Å². The highest BCUT2D eigenvalue weighted by Gasteiger charge is 1.95. The van der Waals surface area contributed by atoms with E-state index in [-0.39, 0.29) is 5.91 Å². The molecular formula is C20H31NO. The van der Waals surface area contributed by atoms with Gasteiger partial charge in [-0.1, -0.05) is 57.3 Å². The predicted molar refractivity (Wildman–Crippen MR) is 95.2 cm³/mol. The van der Waals surface area contributed by atoms with Crippen molar-refractivity contribution in [3.05, 3.63) is 48.8 Å². The minimum atomic E-state index is 0.0311. The van der Waals surface area contributed by atoms with Crippen molar-refractivity contribution in [2.45, 2.75) is 71.1 Å². The summed E-state index contributed by atoms with van der Waals surface area (Å²) in [5.74, 6) is 0.0311. The Morgan fingerprint density at radius 1 is 0.818 bits per heavy atom. The molecule has 0 saturated carbocycles. The standard InChI is InChI=1S/C20H31NO/c1-2-3-4-5-6-7-8-9-10-11-12-13-14-17-20(22)21-18-15-16-19-21/h9-10,14-19H,2-8,11-13H2,1H3. The first-order valence-corrected chi connectivity index (χ1v) is 8.83. The summed E-state index contributed by atoms with van der Waals surface area (Å²) in [5, 5.41) is 0. The van der Waals surface area contributed by atoms with E-state index < -0.39 is 0 Å². The second kappa shape index (κ2) is 13.1. The van der Waals surface area contributed by atoms with Gasteiger partial charge in [-0.15, -0.1) is 0 Å². The fourth-order valence-corrected chi connectivity index (χ4v) is 2.38. The van der Waals surface area contributed by atoms with Crippen LogP contribution in [0.5, 0.6) is 0 Å². The van der Waals surface area contributed by atoms with E-state index >= 15 is 0 Å². The molecule has 0 aliphatic rings. The summed E-state index contributed by atoms with van der Waals surface area (Å²) in [6, 6.07) is 3.72. The second-order valence-electron chi connectivity index (χ2n) is 5.79. The minimum absolute atomic E-state index is 0.0311. The van der Waals surface area contributed by atoms with Crippen molar-refractivity contribution < 1.29 is 4.79 Å². The molecule has 1 aromatic rings. The summed E-state index contributed by atoms with van der Waals surface area (Å²) >= 11 is 0. The number of carbonyl (C=O) groups is 1. The Bertz CT molecular complexity index is 429. The Morgan fingerprint density at radius 2 is 1.41 bits per heavy atom. The zero-order valence-corrected chi connectivity index (χ0v) is 14.0. The molecule has 0 aliphatic carbocycles. The van der Waals surface area contributed by atoms with Gasteiger partial charge in [0.1, 0.15) is 0 Å². The first-order valence-electron chi connectivity index (χ1n) is 8.83. The highest BCUT2D eigenvalue weighted by atomic mass is 16.1. The van der Waals surface area contributed by atoms with Crippen LogP contribution in [0.25, 0.3) is 0 Å². The van der Waals surface area contributed by atoms with E-state index in [0.717, 1.165) is 19.3 Å². The monoisotopic (exact) mass is 301 g/mol. The second-order valence-corrected chi connectivity index (χ2v) is 5.79. The van der Waals surface area contributed by atoms with Crippen molar-refractivity contribution in [1.29, 1.82) is 0 Å². The number of hydrogen-bond donors (Lipinski definition) is 0. The van der Waals surface area contributed by atoms with Crippen molar-refractivity contribution in [2.75, 3.05) is 0 Å². The highest BCUT2D eigenvalue weighted by Crippen LogP contribution is 2.08. The largest absolute Gasteiger partial charge is 0.291 e. The average molecular weight is 301 g/mol. The number of unbranched alkanes of at least 4 members (excludes halogenated alkanes) is 8. The number of hydrogen-bond acceptors (Lipinski definition) is 1. The number of allylic oxidation sites excluding steroid dienone is 4.